The summed E-state index contributed by atoms with van der Waals surface area (Å²) in [6, 6.07) is 13.6. The first-order valence-corrected chi connectivity index (χ1v) is 10.2. The smallest absolute Gasteiger partial charge is 0.255 e. The van der Waals surface area contributed by atoms with Crippen LogP contribution in [0.25, 0.3) is 11.0 Å². The average molecular weight is 457 g/mol. The molecular weight excluding hydrogens is 431 g/mol. The number of hydrogen-bond acceptors (Lipinski definition) is 4. The van der Waals surface area contributed by atoms with Gasteiger partial charge in [-0.2, -0.15) is 0 Å². The van der Waals surface area contributed by atoms with Crippen molar-refractivity contribution in [3.05, 3.63) is 88.8 Å². The second-order valence-corrected chi connectivity index (χ2v) is 7.83. The van der Waals surface area contributed by atoms with E-state index in [2.05, 4.69) is 17.3 Å². The van der Waals surface area contributed by atoms with E-state index in [1.165, 1.54) is 18.2 Å². The number of amides is 1. The molecule has 5 nitrogen and oxygen atoms in total. The molecule has 0 aliphatic heterocycles. The van der Waals surface area contributed by atoms with Crippen LogP contribution in [0.1, 0.15) is 33.0 Å². The molecule has 0 bridgehead atoms. The molecule has 0 saturated carbocycles. The number of carbonyl (C=O) groups is 1. The maximum Gasteiger partial charge on any atom is 0.255 e. The Kier molecular flexibility index (Phi) is 7.38. The van der Waals surface area contributed by atoms with Crippen molar-refractivity contribution in [2.24, 2.45) is 0 Å². The Hall–Kier alpha value is -3.09. The monoisotopic (exact) mass is 456 g/mol. The van der Waals surface area contributed by atoms with Gasteiger partial charge in [0.05, 0.1) is 12.8 Å². The van der Waals surface area contributed by atoms with E-state index in [0.717, 1.165) is 47.6 Å². The minimum absolute atomic E-state index is 0. The number of nitrogens with zero attached hydrogens (tertiary/aromatic N) is 1. The molecule has 2 aromatic carbocycles. The number of halogens is 2. The zero-order valence-corrected chi connectivity index (χ0v) is 19.1. The molecule has 0 spiro atoms. The fraction of sp³-hybridized carbons (Fsp3) is 0.240. The van der Waals surface area contributed by atoms with Gasteiger partial charge in [0.2, 0.25) is 0 Å². The van der Waals surface area contributed by atoms with Crippen LogP contribution in [0.15, 0.2) is 63.6 Å². The number of likely N-dealkylation sites (N-methyl/N-ethyl adjacent to an activating group) is 1. The van der Waals surface area contributed by atoms with Gasteiger partial charge in [0.1, 0.15) is 22.9 Å². The summed E-state index contributed by atoms with van der Waals surface area (Å²) in [5, 5.41) is 3.90. The molecular formula is C25H26ClFN2O3. The lowest BCUT2D eigenvalue weighted by Gasteiger charge is -2.15. The largest absolute Gasteiger partial charge is 0.468 e. The van der Waals surface area contributed by atoms with Crippen LogP contribution in [0.2, 0.25) is 0 Å². The van der Waals surface area contributed by atoms with Gasteiger partial charge in [-0.15, -0.1) is 12.4 Å². The molecule has 7 heteroatoms. The number of rotatable bonds is 7. The Bertz CT molecular complexity index is 1220. The van der Waals surface area contributed by atoms with Crippen molar-refractivity contribution in [1.82, 2.24) is 4.90 Å². The molecule has 0 aliphatic rings. The van der Waals surface area contributed by atoms with E-state index in [1.807, 2.05) is 37.3 Å². The first kappa shape index (κ1) is 23.6. The predicted molar refractivity (Wildman–Crippen MR) is 126 cm³/mol. The highest BCUT2D eigenvalue weighted by Gasteiger charge is 2.15. The third kappa shape index (κ3) is 5.21. The summed E-state index contributed by atoms with van der Waals surface area (Å²) >= 11 is 0. The van der Waals surface area contributed by atoms with E-state index >= 15 is 0 Å². The van der Waals surface area contributed by atoms with E-state index in [1.54, 1.807) is 13.2 Å². The fourth-order valence-electron chi connectivity index (χ4n) is 3.79. The van der Waals surface area contributed by atoms with Gasteiger partial charge in [-0.3, -0.25) is 9.69 Å². The van der Waals surface area contributed by atoms with Gasteiger partial charge < -0.3 is 14.2 Å². The van der Waals surface area contributed by atoms with Crippen LogP contribution < -0.4 is 5.32 Å². The molecule has 2 aromatic heterocycles. The normalized spacial score (nSPS) is 11.0. The average Bonchev–Trinajstić information content (AvgIpc) is 3.33. The summed E-state index contributed by atoms with van der Waals surface area (Å²) in [5.41, 5.74) is 3.63. The molecule has 0 fully saturated rings. The Morgan fingerprint density at radius 2 is 1.94 bits per heavy atom. The lowest BCUT2D eigenvalue weighted by Crippen LogP contribution is -2.20. The Morgan fingerprint density at radius 3 is 2.66 bits per heavy atom. The lowest BCUT2D eigenvalue weighted by atomic mass is 10.1. The van der Waals surface area contributed by atoms with Crippen molar-refractivity contribution in [3.63, 3.8) is 0 Å². The Balaban J connectivity index is 0.00000289. The van der Waals surface area contributed by atoms with Crippen LogP contribution >= 0.6 is 12.4 Å². The summed E-state index contributed by atoms with van der Waals surface area (Å²) < 4.78 is 24.7. The highest BCUT2D eigenvalue weighted by atomic mass is 35.5. The number of benzene rings is 2. The van der Waals surface area contributed by atoms with Gasteiger partial charge >= 0.3 is 0 Å². The van der Waals surface area contributed by atoms with Crippen molar-refractivity contribution in [3.8, 4) is 0 Å². The molecule has 1 N–H and O–H groups in total. The predicted octanol–water partition coefficient (Wildman–Crippen LogP) is 6.13. The van der Waals surface area contributed by atoms with Crippen LogP contribution in [0.5, 0.6) is 0 Å². The number of hydrogen-bond donors (Lipinski definition) is 1. The quantitative estimate of drug-likeness (QED) is 0.363. The van der Waals surface area contributed by atoms with Crippen LogP contribution in [-0.2, 0) is 13.0 Å². The summed E-state index contributed by atoms with van der Waals surface area (Å²) in [6.45, 7) is 5.25. The summed E-state index contributed by atoms with van der Waals surface area (Å²) in [7, 11) is 2.05. The fourth-order valence-corrected chi connectivity index (χ4v) is 3.79. The molecule has 4 aromatic rings. The summed E-state index contributed by atoms with van der Waals surface area (Å²) in [5.74, 6) is 1.18. The molecule has 168 valence electrons. The van der Waals surface area contributed by atoms with Crippen LogP contribution in [0.4, 0.5) is 10.1 Å². The SMILES string of the molecule is Cc1cc(F)ccc1C(=O)Nc1ccc2oc(C)c(CCN(C)Cc3ccco3)c2c1.Cl. The molecule has 1 amide bonds. The van der Waals surface area contributed by atoms with Gasteiger partial charge in [-0.05, 0) is 81.4 Å². The van der Waals surface area contributed by atoms with Crippen LogP contribution in [0, 0.1) is 19.7 Å². The molecule has 0 radical (unpaired) electrons. The maximum atomic E-state index is 13.3. The van der Waals surface area contributed by atoms with Crippen molar-refractivity contribution >= 4 is 35.0 Å². The van der Waals surface area contributed by atoms with Crippen molar-refractivity contribution in [2.75, 3.05) is 18.9 Å². The highest BCUT2D eigenvalue weighted by Crippen LogP contribution is 2.29. The molecule has 0 atom stereocenters. The van der Waals surface area contributed by atoms with Crippen LogP contribution in [-0.4, -0.2) is 24.4 Å². The van der Waals surface area contributed by atoms with Crippen molar-refractivity contribution in [1.29, 1.82) is 0 Å². The van der Waals surface area contributed by atoms with Gasteiger partial charge in [0, 0.05) is 28.7 Å². The molecule has 0 aliphatic carbocycles. The van der Waals surface area contributed by atoms with E-state index in [4.69, 9.17) is 8.83 Å². The van der Waals surface area contributed by atoms with Gasteiger partial charge in [-0.1, -0.05) is 0 Å². The Labute approximate surface area is 192 Å². The standard InChI is InChI=1S/C25H25FN2O3.ClH/c1-16-13-18(26)6-8-21(16)25(29)27-19-7-9-24-23(14-19)22(17(2)31-24)10-11-28(3)15-20-5-4-12-30-20;/h4-9,12-14H,10-11,15H2,1-3H3,(H,27,29);1H. The van der Waals surface area contributed by atoms with E-state index < -0.39 is 0 Å². The second kappa shape index (κ2) is 10.0. The number of nitrogens with one attached hydrogen (secondary N) is 1. The second-order valence-electron chi connectivity index (χ2n) is 7.83. The minimum atomic E-state index is -0.356. The molecule has 0 saturated heterocycles. The van der Waals surface area contributed by atoms with E-state index in [-0.39, 0.29) is 24.1 Å². The number of anilines is 1. The lowest BCUT2D eigenvalue weighted by molar-refractivity contribution is 0.102. The van der Waals surface area contributed by atoms with E-state index in [9.17, 15) is 9.18 Å². The topological polar surface area (TPSA) is 58.6 Å². The molecule has 32 heavy (non-hydrogen) atoms. The van der Waals surface area contributed by atoms with Crippen molar-refractivity contribution < 1.29 is 18.0 Å². The highest BCUT2D eigenvalue weighted by molar-refractivity contribution is 6.06. The first-order valence-electron chi connectivity index (χ1n) is 10.2. The molecule has 2 heterocycles. The van der Waals surface area contributed by atoms with Crippen molar-refractivity contribution in [2.45, 2.75) is 26.8 Å². The minimum Gasteiger partial charge on any atom is -0.468 e. The third-order valence-electron chi connectivity index (χ3n) is 5.43. The zero-order valence-electron chi connectivity index (χ0n) is 18.3. The summed E-state index contributed by atoms with van der Waals surface area (Å²) in [6.07, 6.45) is 2.49. The zero-order chi connectivity index (χ0) is 22.0. The van der Waals surface area contributed by atoms with Gasteiger partial charge in [-0.25, -0.2) is 4.39 Å². The Morgan fingerprint density at radius 1 is 1.12 bits per heavy atom. The number of carbonyl (C=O) groups excluding carboxylic acids is 1. The summed E-state index contributed by atoms with van der Waals surface area (Å²) in [4.78, 5) is 14.9. The number of furan rings is 2. The van der Waals surface area contributed by atoms with E-state index in [0.29, 0.717) is 16.8 Å². The molecule has 4 rings (SSSR count). The maximum absolute atomic E-state index is 13.3. The third-order valence-corrected chi connectivity index (χ3v) is 5.43. The van der Waals surface area contributed by atoms with Gasteiger partial charge in [0.25, 0.3) is 5.91 Å². The first-order chi connectivity index (χ1) is 14.9. The van der Waals surface area contributed by atoms with Crippen LogP contribution in [0.3, 0.4) is 0 Å². The molecule has 0 unspecified atom stereocenters. The van der Waals surface area contributed by atoms with Gasteiger partial charge in [0.15, 0.2) is 0 Å². The number of fused-ring (bicyclic) bond motifs is 1. The number of aryl methyl sites for hydroxylation is 2.